The molecule has 1 atom stereocenters. The second-order valence-corrected chi connectivity index (χ2v) is 13.0. The summed E-state index contributed by atoms with van der Waals surface area (Å²) in [4.78, 5) is 62.0. The number of benzene rings is 2. The molecule has 57 heavy (non-hydrogen) atoms. The third-order valence-electron chi connectivity index (χ3n) is 7.97. The van der Waals surface area contributed by atoms with Crippen LogP contribution in [0.15, 0.2) is 106 Å². The van der Waals surface area contributed by atoms with Gasteiger partial charge in [0.2, 0.25) is 16.6 Å². The first-order chi connectivity index (χ1) is 27.4. The van der Waals surface area contributed by atoms with Gasteiger partial charge < -0.3 is 23.6 Å². The number of nitrogens with one attached hydrogen (secondary N) is 2. The summed E-state index contributed by atoms with van der Waals surface area (Å²) in [6.45, 7) is 15.6. The topological polar surface area (TPSA) is 225 Å². The number of aliphatic hydroxyl groups is 1. The molecule has 2 aromatic carbocycles. The Balaban J connectivity index is 0.000000281. The summed E-state index contributed by atoms with van der Waals surface area (Å²) < 4.78 is 26.6. The van der Waals surface area contributed by atoms with Crippen LogP contribution in [0.4, 0.5) is 0 Å². The molecule has 304 valence electrons. The number of hydrogen-bond donors (Lipinski definition) is 3. The van der Waals surface area contributed by atoms with Crippen molar-refractivity contribution in [3.63, 3.8) is 0 Å². The van der Waals surface area contributed by atoms with Crippen LogP contribution in [-0.2, 0) is 36.9 Å². The van der Waals surface area contributed by atoms with Crippen LogP contribution >= 0.6 is 0 Å². The molecule has 0 saturated heterocycles. The van der Waals surface area contributed by atoms with E-state index in [0.29, 0.717) is 24.0 Å². The van der Waals surface area contributed by atoms with E-state index in [9.17, 15) is 23.4 Å². The Morgan fingerprint density at radius 3 is 1.58 bits per heavy atom. The van der Waals surface area contributed by atoms with Crippen molar-refractivity contribution < 1.29 is 22.9 Å². The molecule has 4 heterocycles. The molecule has 0 bridgehead atoms. The highest BCUT2D eigenvalue weighted by Gasteiger charge is 2.14. The standard InChI is InChI=1S/C16H14N2O4.C10H10N2O4S.C7H8O.C6H15N.C2H3N/c1-2-11-8-12(19)22-15-13(11)14(20)17-16(18-15)21-9-10-6-4-3-5-7-10;1-3-5-4-6(13)16-9-7(5)8(14)11-10(12-9)17(2)15;8-6-7-4-2-1-3-5-7;1-4-7(5-2)6-3;1-2-3/h3-8H,2,9H2,1H3,(H,17,18,20);4H,3H2,1-2H3,(H,11,12,14);1-5,8H,6H2;4-6H2,1-3H3;1H3. The van der Waals surface area contributed by atoms with Gasteiger partial charge in [0.15, 0.2) is 0 Å². The van der Waals surface area contributed by atoms with Crippen molar-refractivity contribution in [2.24, 2.45) is 0 Å². The predicted molar refractivity (Wildman–Crippen MR) is 221 cm³/mol. The molecule has 15 nitrogen and oxygen atoms in total. The number of aliphatic hydroxyl groups excluding tert-OH is 1. The van der Waals surface area contributed by atoms with E-state index in [-0.39, 0.29) is 52.1 Å². The number of aryl methyl sites for hydroxylation is 2. The number of aromatic amines is 2. The first-order valence-electron chi connectivity index (χ1n) is 18.2. The van der Waals surface area contributed by atoms with Gasteiger partial charge in [-0.3, -0.25) is 23.8 Å². The van der Waals surface area contributed by atoms with Gasteiger partial charge in [0, 0.05) is 25.3 Å². The van der Waals surface area contributed by atoms with Crippen molar-refractivity contribution in [3.8, 4) is 12.1 Å². The Morgan fingerprint density at radius 1 is 0.754 bits per heavy atom. The van der Waals surface area contributed by atoms with E-state index in [1.54, 1.807) is 6.07 Å². The van der Waals surface area contributed by atoms with Crippen molar-refractivity contribution in [2.75, 3.05) is 25.9 Å². The molecule has 1 unspecified atom stereocenters. The molecule has 4 aromatic heterocycles. The van der Waals surface area contributed by atoms with Crippen LogP contribution in [0.2, 0.25) is 0 Å². The molecule has 0 saturated carbocycles. The summed E-state index contributed by atoms with van der Waals surface area (Å²) in [5, 5.41) is 16.4. The molecule has 0 fully saturated rings. The van der Waals surface area contributed by atoms with E-state index in [4.69, 9.17) is 23.9 Å². The van der Waals surface area contributed by atoms with Crippen LogP contribution in [0, 0.1) is 11.3 Å². The average Bonchev–Trinajstić information content (AvgIpc) is 3.21. The minimum absolute atomic E-state index is 0.00102. The number of rotatable bonds is 10. The highest BCUT2D eigenvalue weighted by atomic mass is 32.2. The van der Waals surface area contributed by atoms with Gasteiger partial charge in [-0.15, -0.1) is 0 Å². The average molecular weight is 803 g/mol. The highest BCUT2D eigenvalue weighted by molar-refractivity contribution is 7.84. The number of fused-ring (bicyclic) bond motifs is 2. The van der Waals surface area contributed by atoms with Gasteiger partial charge in [-0.2, -0.15) is 15.2 Å². The first kappa shape index (κ1) is 47.1. The van der Waals surface area contributed by atoms with Gasteiger partial charge in [-0.25, -0.2) is 9.59 Å². The molecule has 0 aliphatic carbocycles. The first-order valence-corrected chi connectivity index (χ1v) is 19.8. The van der Waals surface area contributed by atoms with Crippen molar-refractivity contribution >= 4 is 33.0 Å². The minimum atomic E-state index is -1.44. The lowest BCUT2D eigenvalue weighted by atomic mass is 10.1. The van der Waals surface area contributed by atoms with Crippen molar-refractivity contribution in [1.29, 1.82) is 5.26 Å². The van der Waals surface area contributed by atoms with Gasteiger partial charge >= 0.3 is 11.3 Å². The fourth-order valence-electron chi connectivity index (χ4n) is 5.00. The maximum Gasteiger partial charge on any atom is 0.337 e. The number of nitrogens with zero attached hydrogens (tertiary/aromatic N) is 4. The zero-order valence-corrected chi connectivity index (χ0v) is 34.1. The summed E-state index contributed by atoms with van der Waals surface area (Å²) in [6.07, 6.45) is 2.43. The predicted octanol–water partition coefficient (Wildman–Crippen LogP) is 5.25. The Hall–Kier alpha value is -6.02. The Labute approximate surface area is 332 Å². The third-order valence-corrected chi connectivity index (χ3v) is 8.71. The highest BCUT2D eigenvalue weighted by Crippen LogP contribution is 2.15. The Kier molecular flexibility index (Phi) is 20.8. The summed E-state index contributed by atoms with van der Waals surface area (Å²) in [7, 11) is -1.44. The fraction of sp³-hybridized carbons (Fsp3) is 0.341. The quantitative estimate of drug-likeness (QED) is 0.151. The lowest BCUT2D eigenvalue weighted by Gasteiger charge is -2.13. The van der Waals surface area contributed by atoms with E-state index in [2.05, 4.69) is 45.6 Å². The number of nitriles is 1. The maximum absolute atomic E-state index is 12.2. The molecular formula is C41H50N6O9S. The summed E-state index contributed by atoms with van der Waals surface area (Å²) >= 11 is 0. The molecule has 3 N–H and O–H groups in total. The molecule has 0 aliphatic rings. The molecule has 16 heteroatoms. The van der Waals surface area contributed by atoms with E-state index < -0.39 is 27.6 Å². The lowest BCUT2D eigenvalue weighted by Crippen LogP contribution is -2.21. The van der Waals surface area contributed by atoms with Crippen LogP contribution in [0.5, 0.6) is 6.01 Å². The van der Waals surface area contributed by atoms with Gasteiger partial charge in [-0.05, 0) is 54.7 Å². The van der Waals surface area contributed by atoms with E-state index in [1.807, 2.05) is 74.5 Å². The van der Waals surface area contributed by atoms with Crippen molar-refractivity contribution in [2.45, 2.75) is 72.8 Å². The minimum Gasteiger partial charge on any atom is -0.460 e. The van der Waals surface area contributed by atoms with Crippen LogP contribution in [0.25, 0.3) is 22.2 Å². The van der Waals surface area contributed by atoms with Crippen LogP contribution < -0.4 is 27.1 Å². The molecule has 0 amide bonds. The van der Waals surface area contributed by atoms with Crippen LogP contribution in [0.3, 0.4) is 0 Å². The molecule has 0 spiro atoms. The second kappa shape index (κ2) is 25.2. The van der Waals surface area contributed by atoms with E-state index in [1.165, 1.54) is 44.9 Å². The summed E-state index contributed by atoms with van der Waals surface area (Å²) in [5.74, 6) is 0. The van der Waals surface area contributed by atoms with Crippen molar-refractivity contribution in [3.05, 3.63) is 137 Å². The monoisotopic (exact) mass is 802 g/mol. The normalized spacial score (nSPS) is 10.7. The molecular weight excluding hydrogens is 753 g/mol. The second-order valence-electron chi connectivity index (χ2n) is 11.7. The molecule has 0 radical (unpaired) electrons. The van der Waals surface area contributed by atoms with Crippen LogP contribution in [0.1, 0.15) is 63.8 Å². The fourth-order valence-corrected chi connectivity index (χ4v) is 5.45. The number of H-pyrrole nitrogens is 2. The molecule has 0 aliphatic heterocycles. The zero-order chi connectivity index (χ0) is 42.3. The SMILES string of the molecule is CC#N.CCN(CC)CC.CCc1cc(=O)oc2nc(OCc3ccccc3)[nH]c(=O)c12.CCc1cc(=O)oc2nc(S(C)=O)[nH]c(=O)c12.OCc1ccccc1. The van der Waals surface area contributed by atoms with Gasteiger partial charge in [0.1, 0.15) is 17.4 Å². The maximum atomic E-state index is 12.2. The van der Waals surface area contributed by atoms with Gasteiger partial charge in [0.05, 0.1) is 23.5 Å². The zero-order valence-electron chi connectivity index (χ0n) is 33.3. The summed E-state index contributed by atoms with van der Waals surface area (Å²) in [6, 6.07) is 23.4. The molecule has 6 aromatic rings. The Morgan fingerprint density at radius 2 is 1.19 bits per heavy atom. The van der Waals surface area contributed by atoms with Crippen LogP contribution in [-0.4, -0.2) is 60.0 Å². The number of ether oxygens (including phenoxy) is 1. The van der Waals surface area contributed by atoms with Gasteiger partial charge in [-0.1, -0.05) is 95.3 Å². The largest absolute Gasteiger partial charge is 0.460 e. The number of aromatic nitrogens is 4. The smallest absolute Gasteiger partial charge is 0.337 e. The number of hydrogen-bond acceptors (Lipinski definition) is 13. The summed E-state index contributed by atoms with van der Waals surface area (Å²) in [5.41, 5.74) is 1.08. The van der Waals surface area contributed by atoms with Crippen molar-refractivity contribution in [1.82, 2.24) is 24.8 Å². The molecule has 6 rings (SSSR count). The Bertz CT molecular complexity index is 2430. The van der Waals surface area contributed by atoms with E-state index >= 15 is 0 Å². The lowest BCUT2D eigenvalue weighted by molar-refractivity contribution is 0.279. The third kappa shape index (κ3) is 15.2. The van der Waals surface area contributed by atoms with Gasteiger partial charge in [0.25, 0.3) is 17.1 Å². The van der Waals surface area contributed by atoms with E-state index in [0.717, 1.165) is 11.1 Å².